The second-order valence-electron chi connectivity index (χ2n) is 11.8. The summed E-state index contributed by atoms with van der Waals surface area (Å²) in [6, 6.07) is 48.7. The molecule has 0 unspecified atom stereocenters. The minimum atomic E-state index is 0.540. The molecule has 6 aromatic carbocycles. The molecule has 0 radical (unpaired) electrons. The summed E-state index contributed by atoms with van der Waals surface area (Å²) in [5.41, 5.74) is 8.48. The molecule has 0 N–H and O–H groups in total. The molecule has 4 heterocycles. The molecule has 0 bridgehead atoms. The van der Waals surface area contributed by atoms with E-state index in [1.165, 1.54) is 0 Å². The summed E-state index contributed by atoms with van der Waals surface area (Å²) in [5.74, 6) is 1.68. The van der Waals surface area contributed by atoms with Crippen molar-refractivity contribution in [3.05, 3.63) is 146 Å². The number of furan rings is 2. The van der Waals surface area contributed by atoms with E-state index in [2.05, 4.69) is 36.4 Å². The van der Waals surface area contributed by atoms with E-state index >= 15 is 0 Å². The number of aromatic nitrogens is 4. The highest BCUT2D eigenvalue weighted by atomic mass is 16.3. The first-order valence-corrected chi connectivity index (χ1v) is 15.8. The summed E-state index contributed by atoms with van der Waals surface area (Å²) in [6.45, 7) is 0. The molecule has 0 aliphatic carbocycles. The molecule has 10 aromatic rings. The van der Waals surface area contributed by atoms with Crippen molar-refractivity contribution in [2.45, 2.75) is 0 Å². The van der Waals surface area contributed by atoms with Gasteiger partial charge in [-0.25, -0.2) is 19.9 Å². The van der Waals surface area contributed by atoms with Gasteiger partial charge in [0.1, 0.15) is 22.3 Å². The number of rotatable bonds is 4. The van der Waals surface area contributed by atoms with E-state index in [-0.39, 0.29) is 0 Å². The van der Waals surface area contributed by atoms with E-state index in [0.29, 0.717) is 17.5 Å². The first-order chi connectivity index (χ1) is 23.8. The average molecular weight is 617 g/mol. The lowest BCUT2D eigenvalue weighted by Gasteiger charge is -2.09. The average Bonchev–Trinajstić information content (AvgIpc) is 3.74. The summed E-state index contributed by atoms with van der Waals surface area (Å²) in [7, 11) is 0. The van der Waals surface area contributed by atoms with Gasteiger partial charge in [0.05, 0.1) is 22.2 Å². The van der Waals surface area contributed by atoms with Gasteiger partial charge in [0.15, 0.2) is 17.5 Å². The molecule has 48 heavy (non-hydrogen) atoms. The first-order valence-electron chi connectivity index (χ1n) is 15.8. The zero-order chi connectivity index (χ0) is 31.6. The Morgan fingerprint density at radius 2 is 1.00 bits per heavy atom. The standard InChI is InChI=1S/C42H24N4O2/c1-3-12-25(13-4-1)37-36-32-24-27(22-23-35(32)48-39(36)30-17-7-9-20-33(30)43-37)41-44-40(26-14-5-2-6-15-26)45-42(46-41)31-19-11-18-29-28-16-8-10-21-34(28)47-38(29)31/h1-24H. The zero-order valence-electron chi connectivity index (χ0n) is 25.5. The number of hydrogen-bond donors (Lipinski definition) is 0. The van der Waals surface area contributed by atoms with Crippen LogP contribution in [0.15, 0.2) is 154 Å². The van der Waals surface area contributed by atoms with Crippen LogP contribution in [0.25, 0.3) is 100 Å². The maximum Gasteiger partial charge on any atom is 0.167 e. The van der Waals surface area contributed by atoms with Gasteiger partial charge in [0, 0.05) is 38.2 Å². The number of para-hydroxylation sites is 3. The van der Waals surface area contributed by atoms with Crippen LogP contribution < -0.4 is 0 Å². The minimum absolute atomic E-state index is 0.540. The maximum absolute atomic E-state index is 6.58. The van der Waals surface area contributed by atoms with E-state index in [9.17, 15) is 0 Å². The van der Waals surface area contributed by atoms with Crippen LogP contribution in [-0.2, 0) is 0 Å². The van der Waals surface area contributed by atoms with Gasteiger partial charge >= 0.3 is 0 Å². The molecular formula is C42H24N4O2. The fourth-order valence-corrected chi connectivity index (χ4v) is 6.67. The summed E-state index contributed by atoms with van der Waals surface area (Å²) in [5, 5.41) is 4.95. The van der Waals surface area contributed by atoms with Gasteiger partial charge in [-0.05, 0) is 42.5 Å². The topological polar surface area (TPSA) is 77.8 Å². The van der Waals surface area contributed by atoms with Crippen LogP contribution >= 0.6 is 0 Å². The van der Waals surface area contributed by atoms with Crippen molar-refractivity contribution < 1.29 is 8.83 Å². The molecule has 0 aliphatic heterocycles. The Morgan fingerprint density at radius 1 is 0.375 bits per heavy atom. The smallest absolute Gasteiger partial charge is 0.167 e. The Hall–Kier alpha value is -6.66. The van der Waals surface area contributed by atoms with E-state index in [0.717, 1.165) is 82.7 Å². The molecule has 0 aliphatic rings. The Balaban J connectivity index is 1.24. The van der Waals surface area contributed by atoms with Crippen molar-refractivity contribution in [2.24, 2.45) is 0 Å². The molecule has 4 aromatic heterocycles. The van der Waals surface area contributed by atoms with Gasteiger partial charge in [0.2, 0.25) is 0 Å². The number of fused-ring (bicyclic) bond motifs is 8. The summed E-state index contributed by atoms with van der Waals surface area (Å²) in [6.07, 6.45) is 0. The monoisotopic (exact) mass is 616 g/mol. The third-order valence-corrected chi connectivity index (χ3v) is 8.92. The Morgan fingerprint density at radius 3 is 1.83 bits per heavy atom. The second-order valence-corrected chi connectivity index (χ2v) is 11.8. The van der Waals surface area contributed by atoms with Crippen molar-refractivity contribution in [1.82, 2.24) is 19.9 Å². The van der Waals surface area contributed by atoms with Crippen molar-refractivity contribution in [3.63, 3.8) is 0 Å². The number of hydrogen-bond acceptors (Lipinski definition) is 6. The normalized spacial score (nSPS) is 11.8. The Bertz CT molecular complexity index is 2840. The van der Waals surface area contributed by atoms with Crippen LogP contribution in [0.1, 0.15) is 0 Å². The van der Waals surface area contributed by atoms with Crippen LogP contribution in [0.3, 0.4) is 0 Å². The molecule has 10 rings (SSSR count). The molecule has 6 nitrogen and oxygen atoms in total. The molecule has 224 valence electrons. The van der Waals surface area contributed by atoms with Gasteiger partial charge in [-0.15, -0.1) is 0 Å². The van der Waals surface area contributed by atoms with Crippen LogP contribution in [0.4, 0.5) is 0 Å². The number of benzene rings is 6. The molecule has 0 spiro atoms. The highest BCUT2D eigenvalue weighted by Gasteiger charge is 2.21. The van der Waals surface area contributed by atoms with Crippen molar-refractivity contribution >= 4 is 54.8 Å². The van der Waals surface area contributed by atoms with Gasteiger partial charge < -0.3 is 8.83 Å². The predicted octanol–water partition coefficient (Wildman–Crippen LogP) is 10.9. The third kappa shape index (κ3) is 4.13. The lowest BCUT2D eigenvalue weighted by Crippen LogP contribution is -2.00. The highest BCUT2D eigenvalue weighted by molar-refractivity contribution is 6.19. The fraction of sp³-hybridized carbons (Fsp3) is 0. The Labute approximate surface area is 274 Å². The van der Waals surface area contributed by atoms with E-state index in [1.807, 2.05) is 109 Å². The lowest BCUT2D eigenvalue weighted by molar-refractivity contribution is 0.669. The summed E-state index contributed by atoms with van der Waals surface area (Å²) in [4.78, 5) is 20.3. The molecule has 0 saturated carbocycles. The largest absolute Gasteiger partial charge is 0.455 e. The molecule has 0 fully saturated rings. The third-order valence-electron chi connectivity index (χ3n) is 8.92. The highest BCUT2D eigenvalue weighted by Crippen LogP contribution is 2.41. The number of nitrogens with zero attached hydrogens (tertiary/aromatic N) is 4. The van der Waals surface area contributed by atoms with Crippen LogP contribution in [0.2, 0.25) is 0 Å². The van der Waals surface area contributed by atoms with Gasteiger partial charge in [-0.1, -0.05) is 103 Å². The van der Waals surface area contributed by atoms with Gasteiger partial charge in [-0.3, -0.25) is 0 Å². The molecule has 6 heteroatoms. The maximum atomic E-state index is 6.58. The summed E-state index contributed by atoms with van der Waals surface area (Å²) < 4.78 is 13.0. The van der Waals surface area contributed by atoms with Crippen molar-refractivity contribution in [2.75, 3.05) is 0 Å². The SMILES string of the molecule is c1ccc(-c2nc(-c3ccc4oc5c6ccccc6nc(-c6ccccc6)c5c4c3)nc(-c3cccc4c3oc3ccccc34)n2)cc1. The molecule has 0 amide bonds. The van der Waals surface area contributed by atoms with Crippen LogP contribution in [0, 0.1) is 0 Å². The van der Waals surface area contributed by atoms with Crippen molar-refractivity contribution in [1.29, 1.82) is 0 Å². The van der Waals surface area contributed by atoms with Gasteiger partial charge in [0.25, 0.3) is 0 Å². The molecular weight excluding hydrogens is 592 g/mol. The molecule has 0 saturated heterocycles. The lowest BCUT2D eigenvalue weighted by atomic mass is 10.0. The fourth-order valence-electron chi connectivity index (χ4n) is 6.67. The van der Waals surface area contributed by atoms with E-state index in [1.54, 1.807) is 0 Å². The predicted molar refractivity (Wildman–Crippen MR) is 191 cm³/mol. The summed E-state index contributed by atoms with van der Waals surface area (Å²) >= 11 is 0. The number of pyridine rings is 1. The minimum Gasteiger partial charge on any atom is -0.455 e. The quantitative estimate of drug-likeness (QED) is 0.196. The second kappa shape index (κ2) is 10.4. The molecule has 0 atom stereocenters. The first kappa shape index (κ1) is 26.5. The zero-order valence-corrected chi connectivity index (χ0v) is 25.5. The Kier molecular flexibility index (Phi) is 5.77. The van der Waals surface area contributed by atoms with E-state index < -0.39 is 0 Å². The van der Waals surface area contributed by atoms with Crippen LogP contribution in [-0.4, -0.2) is 19.9 Å². The van der Waals surface area contributed by atoms with Crippen LogP contribution in [0.5, 0.6) is 0 Å². The van der Waals surface area contributed by atoms with Gasteiger partial charge in [-0.2, -0.15) is 0 Å². The van der Waals surface area contributed by atoms with Crippen molar-refractivity contribution in [3.8, 4) is 45.4 Å². The van der Waals surface area contributed by atoms with E-state index in [4.69, 9.17) is 28.8 Å².